The number of carboxylic acids is 1. The highest BCUT2D eigenvalue weighted by Crippen LogP contribution is 2.22. The molecule has 90 valence electrons. The molecule has 0 saturated heterocycles. The number of hydrogen-bond donors (Lipinski definition) is 2. The predicted octanol–water partition coefficient (Wildman–Crippen LogP) is 2.51. The van der Waals surface area contributed by atoms with Gasteiger partial charge in [0.25, 0.3) is 0 Å². The maximum absolute atomic E-state index is 10.8. The van der Waals surface area contributed by atoms with Gasteiger partial charge in [-0.05, 0) is 11.4 Å². The second-order valence-corrected chi connectivity index (χ2v) is 5.43. The van der Waals surface area contributed by atoms with Crippen LogP contribution in [-0.4, -0.2) is 16.1 Å². The van der Waals surface area contributed by atoms with Gasteiger partial charge in [-0.3, -0.25) is 4.79 Å². The molecule has 17 heavy (non-hydrogen) atoms. The number of thiazole rings is 1. The van der Waals surface area contributed by atoms with Crippen molar-refractivity contribution in [2.75, 3.05) is 0 Å². The van der Waals surface area contributed by atoms with Crippen LogP contribution >= 0.6 is 22.7 Å². The summed E-state index contributed by atoms with van der Waals surface area (Å²) in [5, 5.41) is 17.0. The maximum atomic E-state index is 10.8. The summed E-state index contributed by atoms with van der Waals surface area (Å²) in [4.78, 5) is 16.0. The SMILES string of the molecule is O=C(O)CC(NCc1nccs1)c1cccs1. The molecule has 2 aromatic heterocycles. The highest BCUT2D eigenvalue weighted by molar-refractivity contribution is 7.10. The average Bonchev–Trinajstić information content (AvgIpc) is 2.96. The highest BCUT2D eigenvalue weighted by Gasteiger charge is 2.16. The number of rotatable bonds is 6. The zero-order valence-corrected chi connectivity index (χ0v) is 10.6. The van der Waals surface area contributed by atoms with Gasteiger partial charge in [0.05, 0.1) is 12.5 Å². The summed E-state index contributed by atoms with van der Waals surface area (Å²) in [6, 6.07) is 3.74. The summed E-state index contributed by atoms with van der Waals surface area (Å²) in [6.07, 6.45) is 1.84. The van der Waals surface area contributed by atoms with Crippen LogP contribution in [-0.2, 0) is 11.3 Å². The molecule has 1 atom stereocenters. The molecule has 1 unspecified atom stereocenters. The number of nitrogens with one attached hydrogen (secondary N) is 1. The minimum atomic E-state index is -0.796. The number of carbonyl (C=O) groups is 1. The van der Waals surface area contributed by atoms with E-state index in [2.05, 4.69) is 10.3 Å². The van der Waals surface area contributed by atoms with Gasteiger partial charge in [-0.1, -0.05) is 6.07 Å². The summed E-state index contributed by atoms with van der Waals surface area (Å²) in [5.41, 5.74) is 0. The van der Waals surface area contributed by atoms with Gasteiger partial charge in [-0.15, -0.1) is 22.7 Å². The number of thiophene rings is 1. The Labute approximate surface area is 107 Å². The first-order chi connectivity index (χ1) is 8.25. The summed E-state index contributed by atoms with van der Waals surface area (Å²) in [7, 11) is 0. The third-order valence-corrected chi connectivity index (χ3v) is 4.01. The van der Waals surface area contributed by atoms with Crippen LogP contribution < -0.4 is 5.32 Å². The average molecular weight is 268 g/mol. The second-order valence-electron chi connectivity index (χ2n) is 3.47. The smallest absolute Gasteiger partial charge is 0.305 e. The van der Waals surface area contributed by atoms with Crippen LogP contribution in [0.5, 0.6) is 0 Å². The van der Waals surface area contributed by atoms with Crippen molar-refractivity contribution in [3.63, 3.8) is 0 Å². The normalized spacial score (nSPS) is 12.5. The zero-order valence-electron chi connectivity index (χ0n) is 9.00. The topological polar surface area (TPSA) is 62.2 Å². The van der Waals surface area contributed by atoms with Crippen LogP contribution in [0.25, 0.3) is 0 Å². The van der Waals surface area contributed by atoms with E-state index in [1.54, 1.807) is 28.9 Å². The van der Waals surface area contributed by atoms with Gasteiger partial charge in [0.1, 0.15) is 5.01 Å². The largest absolute Gasteiger partial charge is 0.481 e. The van der Waals surface area contributed by atoms with E-state index in [4.69, 9.17) is 5.11 Å². The quantitative estimate of drug-likeness (QED) is 0.845. The summed E-state index contributed by atoms with van der Waals surface area (Å²) in [6.45, 7) is 0.605. The molecule has 2 aromatic rings. The van der Waals surface area contributed by atoms with E-state index >= 15 is 0 Å². The molecule has 2 N–H and O–H groups in total. The minimum absolute atomic E-state index is 0.0892. The van der Waals surface area contributed by atoms with Gasteiger partial charge < -0.3 is 10.4 Å². The van der Waals surface area contributed by atoms with Crippen LogP contribution in [0.4, 0.5) is 0 Å². The molecular weight excluding hydrogens is 256 g/mol. The molecule has 2 rings (SSSR count). The lowest BCUT2D eigenvalue weighted by atomic mass is 10.1. The van der Waals surface area contributed by atoms with Crippen molar-refractivity contribution < 1.29 is 9.90 Å². The zero-order chi connectivity index (χ0) is 12.1. The van der Waals surface area contributed by atoms with Crippen LogP contribution in [0.15, 0.2) is 29.1 Å². The number of carboxylic acid groups (broad SMARTS) is 1. The number of nitrogens with zero attached hydrogens (tertiary/aromatic N) is 1. The van der Waals surface area contributed by atoms with Gasteiger partial charge in [-0.25, -0.2) is 4.98 Å². The Balaban J connectivity index is 1.98. The Morgan fingerprint density at radius 3 is 2.94 bits per heavy atom. The number of aromatic nitrogens is 1. The van der Waals surface area contributed by atoms with E-state index in [1.807, 2.05) is 22.9 Å². The molecule has 0 fully saturated rings. The van der Waals surface area contributed by atoms with Crippen LogP contribution in [0.2, 0.25) is 0 Å². The molecule has 0 bridgehead atoms. The molecule has 0 radical (unpaired) electrons. The number of hydrogen-bond acceptors (Lipinski definition) is 5. The summed E-state index contributed by atoms with van der Waals surface area (Å²) < 4.78 is 0. The first-order valence-corrected chi connectivity index (χ1v) is 6.88. The third-order valence-electron chi connectivity index (χ3n) is 2.25. The molecule has 0 aromatic carbocycles. The molecule has 0 saturated carbocycles. The molecule has 0 aliphatic heterocycles. The minimum Gasteiger partial charge on any atom is -0.481 e. The Morgan fingerprint density at radius 2 is 2.35 bits per heavy atom. The van der Waals surface area contributed by atoms with Crippen molar-refractivity contribution in [1.82, 2.24) is 10.3 Å². The van der Waals surface area contributed by atoms with Crippen molar-refractivity contribution >= 4 is 28.6 Å². The first-order valence-electron chi connectivity index (χ1n) is 5.12. The lowest BCUT2D eigenvalue weighted by Gasteiger charge is -2.14. The predicted molar refractivity (Wildman–Crippen MR) is 68.3 cm³/mol. The maximum Gasteiger partial charge on any atom is 0.305 e. The summed E-state index contributed by atoms with van der Waals surface area (Å²) in [5.74, 6) is -0.796. The molecule has 0 spiro atoms. The van der Waals surface area contributed by atoms with Crippen molar-refractivity contribution in [2.24, 2.45) is 0 Å². The van der Waals surface area contributed by atoms with E-state index in [0.29, 0.717) is 6.54 Å². The molecule has 6 heteroatoms. The van der Waals surface area contributed by atoms with E-state index in [1.165, 1.54) is 0 Å². The molecular formula is C11H12N2O2S2. The fraction of sp³-hybridized carbons (Fsp3) is 0.273. The van der Waals surface area contributed by atoms with E-state index in [9.17, 15) is 4.79 Å². The number of aliphatic carboxylic acids is 1. The third kappa shape index (κ3) is 3.62. The van der Waals surface area contributed by atoms with Gasteiger partial charge in [-0.2, -0.15) is 0 Å². The Kier molecular flexibility index (Phi) is 4.24. The van der Waals surface area contributed by atoms with Gasteiger partial charge in [0.15, 0.2) is 0 Å². The van der Waals surface area contributed by atoms with E-state index in [0.717, 1.165) is 9.88 Å². The van der Waals surface area contributed by atoms with Gasteiger partial charge >= 0.3 is 5.97 Å². The molecule has 0 aliphatic carbocycles. The highest BCUT2D eigenvalue weighted by atomic mass is 32.1. The first kappa shape index (κ1) is 12.2. The molecule has 0 amide bonds. The van der Waals surface area contributed by atoms with Gasteiger partial charge in [0, 0.05) is 23.0 Å². The van der Waals surface area contributed by atoms with E-state index < -0.39 is 5.97 Å². The fourth-order valence-electron chi connectivity index (χ4n) is 1.49. The van der Waals surface area contributed by atoms with Crippen molar-refractivity contribution in [2.45, 2.75) is 19.0 Å². The fourth-order valence-corrected chi connectivity index (χ4v) is 2.86. The Bertz CT molecular complexity index is 454. The summed E-state index contributed by atoms with van der Waals surface area (Å²) >= 11 is 3.13. The molecule has 0 aliphatic rings. The second kappa shape index (κ2) is 5.90. The van der Waals surface area contributed by atoms with Crippen molar-refractivity contribution in [1.29, 1.82) is 0 Å². The Morgan fingerprint density at radius 1 is 1.47 bits per heavy atom. The lowest BCUT2D eigenvalue weighted by Crippen LogP contribution is -2.22. The van der Waals surface area contributed by atoms with Crippen molar-refractivity contribution in [3.05, 3.63) is 39.0 Å². The lowest BCUT2D eigenvalue weighted by molar-refractivity contribution is -0.137. The van der Waals surface area contributed by atoms with Crippen LogP contribution in [0.1, 0.15) is 22.3 Å². The monoisotopic (exact) mass is 268 g/mol. The van der Waals surface area contributed by atoms with Crippen LogP contribution in [0.3, 0.4) is 0 Å². The van der Waals surface area contributed by atoms with Gasteiger partial charge in [0.2, 0.25) is 0 Å². The van der Waals surface area contributed by atoms with Crippen LogP contribution in [0, 0.1) is 0 Å². The molecule has 4 nitrogen and oxygen atoms in total. The Hall–Kier alpha value is -1.24. The van der Waals surface area contributed by atoms with Crippen molar-refractivity contribution in [3.8, 4) is 0 Å². The molecule has 2 heterocycles. The standard InChI is InChI=1S/C11H12N2O2S2/c14-11(15)6-8(9-2-1-4-16-9)13-7-10-12-3-5-17-10/h1-5,8,13H,6-7H2,(H,14,15). The van der Waals surface area contributed by atoms with E-state index in [-0.39, 0.29) is 12.5 Å².